The van der Waals surface area contributed by atoms with Crippen LogP contribution in [-0.4, -0.2) is 5.11 Å². The molecule has 0 saturated carbocycles. The summed E-state index contributed by atoms with van der Waals surface area (Å²) in [4.78, 5) is 0. The molecule has 0 aliphatic heterocycles. The maximum atomic E-state index is 10.6. The minimum absolute atomic E-state index is 0.615. The van der Waals surface area contributed by atoms with Crippen LogP contribution in [0.3, 0.4) is 0 Å². The average molecular weight is 398 g/mol. The van der Waals surface area contributed by atoms with Crippen molar-refractivity contribution in [2.24, 2.45) is 0 Å². The lowest BCUT2D eigenvalue weighted by atomic mass is 10.0. The highest BCUT2D eigenvalue weighted by Crippen LogP contribution is 2.34. The van der Waals surface area contributed by atoms with Gasteiger partial charge in [-0.1, -0.05) is 50.1 Å². The number of rotatable bonds is 2. The van der Waals surface area contributed by atoms with Crippen molar-refractivity contribution in [3.8, 4) is 0 Å². The lowest BCUT2D eigenvalue weighted by Gasteiger charge is -2.13. The van der Waals surface area contributed by atoms with Crippen LogP contribution in [0.25, 0.3) is 10.1 Å². The Morgan fingerprint density at radius 2 is 1.74 bits per heavy atom. The molecule has 3 aromatic rings. The van der Waals surface area contributed by atoms with E-state index in [4.69, 9.17) is 0 Å². The van der Waals surface area contributed by atoms with E-state index in [0.717, 1.165) is 24.8 Å². The van der Waals surface area contributed by atoms with Gasteiger partial charge in [0.1, 0.15) is 6.10 Å². The molecule has 1 nitrogen and oxygen atoms in total. The Hall–Kier alpha value is -0.680. The Kier molecular flexibility index (Phi) is 3.76. The molecule has 96 valence electrons. The van der Waals surface area contributed by atoms with E-state index in [-0.39, 0.29) is 0 Å². The van der Waals surface area contributed by atoms with Gasteiger partial charge in [-0.25, -0.2) is 0 Å². The first-order valence-corrected chi connectivity index (χ1v) is 8.22. The Bertz CT molecular complexity index is 716. The van der Waals surface area contributed by atoms with E-state index < -0.39 is 6.10 Å². The Labute approximate surface area is 132 Å². The van der Waals surface area contributed by atoms with Gasteiger partial charge in [-0.2, -0.15) is 0 Å². The quantitative estimate of drug-likeness (QED) is 0.604. The van der Waals surface area contributed by atoms with Crippen molar-refractivity contribution in [3.05, 3.63) is 67.9 Å². The van der Waals surface area contributed by atoms with Crippen LogP contribution in [0.4, 0.5) is 0 Å². The minimum Gasteiger partial charge on any atom is -0.384 e. The largest absolute Gasteiger partial charge is 0.384 e. The van der Waals surface area contributed by atoms with Crippen molar-refractivity contribution >= 4 is 53.3 Å². The van der Waals surface area contributed by atoms with Gasteiger partial charge in [0.25, 0.3) is 0 Å². The van der Waals surface area contributed by atoms with Gasteiger partial charge in [0.05, 0.1) is 0 Å². The summed E-state index contributed by atoms with van der Waals surface area (Å²) in [6, 6.07) is 14.0. The van der Waals surface area contributed by atoms with Crippen molar-refractivity contribution in [1.29, 1.82) is 0 Å². The van der Waals surface area contributed by atoms with E-state index in [1.807, 2.05) is 30.3 Å². The molecule has 0 spiro atoms. The molecule has 1 unspecified atom stereocenters. The molecule has 1 aromatic heterocycles. The molecule has 1 heterocycles. The Morgan fingerprint density at radius 1 is 1.00 bits per heavy atom. The van der Waals surface area contributed by atoms with Gasteiger partial charge in [-0.3, -0.25) is 0 Å². The predicted molar refractivity (Wildman–Crippen MR) is 87.7 cm³/mol. The van der Waals surface area contributed by atoms with Crippen LogP contribution < -0.4 is 0 Å². The maximum Gasteiger partial charge on any atom is 0.106 e. The van der Waals surface area contributed by atoms with E-state index in [9.17, 15) is 5.11 Å². The van der Waals surface area contributed by atoms with Crippen LogP contribution >= 0.6 is 43.2 Å². The summed E-state index contributed by atoms with van der Waals surface area (Å²) >= 11 is 8.58. The smallest absolute Gasteiger partial charge is 0.106 e. The Morgan fingerprint density at radius 3 is 2.47 bits per heavy atom. The zero-order chi connectivity index (χ0) is 13.4. The van der Waals surface area contributed by atoms with Crippen molar-refractivity contribution in [2.75, 3.05) is 0 Å². The number of benzene rings is 2. The number of aliphatic hydroxyl groups is 1. The lowest BCUT2D eigenvalue weighted by Crippen LogP contribution is -1.99. The van der Waals surface area contributed by atoms with Gasteiger partial charge in [0.2, 0.25) is 0 Å². The highest BCUT2D eigenvalue weighted by atomic mass is 79.9. The number of hydrogen-bond acceptors (Lipinski definition) is 2. The summed E-state index contributed by atoms with van der Waals surface area (Å²) in [5, 5.41) is 13.9. The fourth-order valence-corrected chi connectivity index (χ4v) is 4.41. The second-order valence-electron chi connectivity index (χ2n) is 4.29. The molecule has 0 bridgehead atoms. The van der Waals surface area contributed by atoms with Gasteiger partial charge < -0.3 is 5.11 Å². The van der Waals surface area contributed by atoms with Crippen molar-refractivity contribution in [1.82, 2.24) is 0 Å². The average Bonchev–Trinajstić information content (AvgIpc) is 2.84. The van der Waals surface area contributed by atoms with E-state index in [0.29, 0.717) is 0 Å². The van der Waals surface area contributed by atoms with Crippen LogP contribution in [0.2, 0.25) is 0 Å². The molecule has 1 N–H and O–H groups in total. The van der Waals surface area contributed by atoms with Crippen molar-refractivity contribution < 1.29 is 5.11 Å². The summed E-state index contributed by atoms with van der Waals surface area (Å²) in [5.74, 6) is 0. The first-order chi connectivity index (χ1) is 9.15. The topological polar surface area (TPSA) is 20.2 Å². The molecular weight excluding hydrogens is 388 g/mol. The highest BCUT2D eigenvalue weighted by molar-refractivity contribution is 9.11. The lowest BCUT2D eigenvalue weighted by molar-refractivity contribution is 0.222. The third-order valence-electron chi connectivity index (χ3n) is 3.00. The van der Waals surface area contributed by atoms with Crippen molar-refractivity contribution in [3.63, 3.8) is 0 Å². The Balaban J connectivity index is 2.13. The maximum absolute atomic E-state index is 10.6. The molecule has 0 aliphatic rings. The molecule has 0 radical (unpaired) electrons. The first kappa shape index (κ1) is 13.3. The fourth-order valence-electron chi connectivity index (χ4n) is 2.14. The van der Waals surface area contributed by atoms with E-state index in [2.05, 4.69) is 49.4 Å². The van der Waals surface area contributed by atoms with Gasteiger partial charge in [-0.15, -0.1) is 11.3 Å². The zero-order valence-corrected chi connectivity index (χ0v) is 13.8. The summed E-state index contributed by atoms with van der Waals surface area (Å²) in [5.41, 5.74) is 1.83. The minimum atomic E-state index is -0.615. The third-order valence-corrected chi connectivity index (χ3v) is 4.90. The first-order valence-electron chi connectivity index (χ1n) is 5.75. The highest BCUT2D eigenvalue weighted by Gasteiger charge is 2.15. The van der Waals surface area contributed by atoms with Crippen LogP contribution in [0.15, 0.2) is 56.8 Å². The van der Waals surface area contributed by atoms with E-state index in [1.54, 1.807) is 11.3 Å². The SMILES string of the molecule is OC(c1cc(Br)cc(Br)c1)c1cccc2ccsc12. The summed E-state index contributed by atoms with van der Waals surface area (Å²) in [6.45, 7) is 0. The molecular formula is C15H10Br2OS. The summed E-state index contributed by atoms with van der Waals surface area (Å²) in [6.07, 6.45) is -0.615. The predicted octanol–water partition coefficient (Wildman–Crippen LogP) is 5.51. The molecule has 1 atom stereocenters. The van der Waals surface area contributed by atoms with Crippen molar-refractivity contribution in [2.45, 2.75) is 6.10 Å². The van der Waals surface area contributed by atoms with Crippen LogP contribution in [0.1, 0.15) is 17.2 Å². The number of halogens is 2. The van der Waals surface area contributed by atoms with Gasteiger partial charge in [-0.05, 0) is 40.6 Å². The molecule has 3 rings (SSSR count). The second-order valence-corrected chi connectivity index (χ2v) is 7.04. The fraction of sp³-hybridized carbons (Fsp3) is 0.0667. The molecule has 0 aliphatic carbocycles. The standard InChI is InChI=1S/C15H10Br2OS/c16-11-6-10(7-12(17)8-11)14(18)13-3-1-2-9-4-5-19-15(9)13/h1-8,14,18H. The zero-order valence-electron chi connectivity index (χ0n) is 9.81. The normalized spacial score (nSPS) is 12.8. The summed E-state index contributed by atoms with van der Waals surface area (Å²) in [7, 11) is 0. The number of fused-ring (bicyclic) bond motifs is 1. The molecule has 4 heteroatoms. The van der Waals surface area contributed by atoms with Gasteiger partial charge in [0, 0.05) is 19.2 Å². The number of aliphatic hydroxyl groups excluding tert-OH is 1. The summed E-state index contributed by atoms with van der Waals surface area (Å²) < 4.78 is 3.05. The van der Waals surface area contributed by atoms with Crippen LogP contribution in [0, 0.1) is 0 Å². The van der Waals surface area contributed by atoms with Crippen LogP contribution in [0.5, 0.6) is 0 Å². The van der Waals surface area contributed by atoms with E-state index in [1.165, 1.54) is 5.39 Å². The third kappa shape index (κ3) is 2.63. The molecule has 2 aromatic carbocycles. The number of hydrogen-bond donors (Lipinski definition) is 1. The van der Waals surface area contributed by atoms with Crippen LogP contribution in [-0.2, 0) is 0 Å². The molecule has 0 saturated heterocycles. The van der Waals surface area contributed by atoms with Gasteiger partial charge in [0.15, 0.2) is 0 Å². The molecule has 0 amide bonds. The molecule has 19 heavy (non-hydrogen) atoms. The second kappa shape index (κ2) is 5.37. The van der Waals surface area contributed by atoms with E-state index >= 15 is 0 Å². The number of thiophene rings is 1. The molecule has 0 fully saturated rings. The monoisotopic (exact) mass is 396 g/mol. The van der Waals surface area contributed by atoms with Gasteiger partial charge >= 0.3 is 0 Å².